The number of nitrogens with zero attached hydrogens (tertiary/aromatic N) is 1. The summed E-state index contributed by atoms with van der Waals surface area (Å²) in [5.74, 6) is 1.73. The number of para-hydroxylation sites is 1. The molecule has 0 bridgehead atoms. The summed E-state index contributed by atoms with van der Waals surface area (Å²) in [4.78, 5) is 13.8. The molecule has 0 spiro atoms. The van der Waals surface area contributed by atoms with Gasteiger partial charge in [-0.15, -0.1) is 0 Å². The number of benzene rings is 3. The summed E-state index contributed by atoms with van der Waals surface area (Å²) in [7, 11) is -0.203. The van der Waals surface area contributed by atoms with Crippen molar-refractivity contribution >= 4 is 36.6 Å². The van der Waals surface area contributed by atoms with Crippen LogP contribution in [0.4, 0.5) is 0 Å². The molecule has 0 amide bonds. The van der Waals surface area contributed by atoms with Gasteiger partial charge in [-0.3, -0.25) is 0 Å². The number of rotatable bonds is 3. The molecule has 24 heavy (non-hydrogen) atoms. The first kappa shape index (κ1) is 15.0. The zero-order valence-electron chi connectivity index (χ0n) is 13.0. The fourth-order valence-corrected chi connectivity index (χ4v) is 3.30. The molecule has 1 heterocycles. The molecule has 4 rings (SSSR count). The maximum atomic E-state index is 9.01. The molecule has 0 aliphatic heterocycles. The van der Waals surface area contributed by atoms with Crippen LogP contribution in [0.5, 0.6) is 0 Å². The van der Waals surface area contributed by atoms with E-state index < -0.39 is 0 Å². The second-order valence-corrected chi connectivity index (χ2v) is 6.19. The summed E-state index contributed by atoms with van der Waals surface area (Å²) in [6, 6.07) is 25.1. The first-order chi connectivity index (χ1) is 11.9. The van der Waals surface area contributed by atoms with E-state index in [-0.39, 0.29) is 8.81 Å². The molecule has 2 nitrogen and oxygen atoms in total. The van der Waals surface area contributed by atoms with Gasteiger partial charge in [0.25, 0.3) is 0 Å². The normalized spacial score (nSPS) is 12.0. The van der Waals surface area contributed by atoms with Crippen molar-refractivity contribution in [2.24, 2.45) is 0 Å². The van der Waals surface area contributed by atoms with E-state index in [1.54, 1.807) is 5.82 Å². The molecule has 0 aliphatic rings. The Kier molecular flexibility index (Phi) is 4.08. The maximum absolute atomic E-state index is 9.01. The number of aromatic nitrogens is 1. The van der Waals surface area contributed by atoms with Gasteiger partial charge in [0.1, 0.15) is 0 Å². The van der Waals surface area contributed by atoms with Gasteiger partial charge in [-0.25, -0.2) is 4.98 Å². The minimum absolute atomic E-state index is 0.203. The highest BCUT2D eigenvalue weighted by atomic mass is 31.1. The van der Waals surface area contributed by atoms with Crippen LogP contribution in [0.3, 0.4) is 0 Å². The van der Waals surface area contributed by atoms with Crippen LogP contribution in [-0.4, -0.2) is 9.88 Å². The third kappa shape index (κ3) is 2.71. The molecule has 3 heteroatoms. The van der Waals surface area contributed by atoms with Crippen LogP contribution in [0.2, 0.25) is 0 Å². The summed E-state index contributed by atoms with van der Waals surface area (Å²) in [5.41, 5.74) is 4.16. The Balaban J connectivity index is 2.00. The molecule has 1 unspecified atom stereocenters. The van der Waals surface area contributed by atoms with E-state index in [0.717, 1.165) is 22.2 Å². The zero-order chi connectivity index (χ0) is 16.4. The third-order valence-electron chi connectivity index (χ3n) is 4.15. The molecule has 4 aromatic rings. The lowest BCUT2D eigenvalue weighted by atomic mass is 9.96. The Hall–Kier alpha value is -2.54. The molecule has 1 atom stereocenters. The molecule has 3 aromatic carbocycles. The van der Waals surface area contributed by atoms with Gasteiger partial charge in [0.2, 0.25) is 0 Å². The van der Waals surface area contributed by atoms with E-state index in [9.17, 15) is 0 Å². The molecular formula is C21H16NOP. The van der Waals surface area contributed by atoms with Gasteiger partial charge in [-0.1, -0.05) is 66.7 Å². The van der Waals surface area contributed by atoms with Crippen molar-refractivity contribution in [3.63, 3.8) is 0 Å². The number of fused-ring (bicyclic) bond motifs is 2. The first-order valence-corrected chi connectivity index (χ1v) is 8.83. The van der Waals surface area contributed by atoms with Crippen LogP contribution < -0.4 is 0 Å². The van der Waals surface area contributed by atoms with Crippen LogP contribution in [-0.2, 0) is 0 Å². The van der Waals surface area contributed by atoms with E-state index in [0.29, 0.717) is 0 Å². The molecule has 0 saturated carbocycles. The molecule has 1 N–H and O–H groups in total. The zero-order valence-corrected chi connectivity index (χ0v) is 14.0. The second kappa shape index (κ2) is 6.52. The van der Waals surface area contributed by atoms with Crippen LogP contribution >= 0.6 is 8.81 Å². The first-order valence-electron chi connectivity index (χ1n) is 7.81. The van der Waals surface area contributed by atoms with Crippen molar-refractivity contribution in [2.45, 2.75) is 0 Å². The lowest BCUT2D eigenvalue weighted by Crippen LogP contribution is -1.88. The SMILES string of the molecule is OP/C=C/c1ccc2cccc(-c3cccc4ccccc34)c2n1. The Labute approximate surface area is 142 Å². The molecule has 116 valence electrons. The second-order valence-electron chi connectivity index (χ2n) is 5.60. The average molecular weight is 329 g/mol. The van der Waals surface area contributed by atoms with Crippen LogP contribution in [0, 0.1) is 0 Å². The van der Waals surface area contributed by atoms with Crippen molar-refractivity contribution < 1.29 is 4.89 Å². The molecule has 0 fully saturated rings. The van der Waals surface area contributed by atoms with Crippen molar-refractivity contribution in [3.05, 3.63) is 84.3 Å². The van der Waals surface area contributed by atoms with Crippen LogP contribution in [0.25, 0.3) is 38.9 Å². The maximum Gasteiger partial charge on any atom is 0.0787 e. The van der Waals surface area contributed by atoms with E-state index >= 15 is 0 Å². The van der Waals surface area contributed by atoms with Gasteiger partial charge in [-0.05, 0) is 34.3 Å². The molecule has 0 aliphatic carbocycles. The van der Waals surface area contributed by atoms with E-state index in [1.807, 2.05) is 12.1 Å². The predicted molar refractivity (Wildman–Crippen MR) is 104 cm³/mol. The summed E-state index contributed by atoms with van der Waals surface area (Å²) < 4.78 is 0. The van der Waals surface area contributed by atoms with Crippen molar-refractivity contribution in [1.82, 2.24) is 4.98 Å². The predicted octanol–water partition coefficient (Wildman–Crippen LogP) is 5.61. The summed E-state index contributed by atoms with van der Waals surface area (Å²) in [6.45, 7) is 0. The largest absolute Gasteiger partial charge is 0.373 e. The smallest absolute Gasteiger partial charge is 0.0787 e. The van der Waals surface area contributed by atoms with Gasteiger partial charge in [-0.2, -0.15) is 0 Å². The summed E-state index contributed by atoms with van der Waals surface area (Å²) >= 11 is 0. The number of hydrogen-bond acceptors (Lipinski definition) is 2. The highest BCUT2D eigenvalue weighted by Crippen LogP contribution is 2.33. The fraction of sp³-hybridized carbons (Fsp3) is 0. The highest BCUT2D eigenvalue weighted by Gasteiger charge is 2.08. The Morgan fingerprint density at radius 1 is 0.750 bits per heavy atom. The minimum atomic E-state index is -0.203. The van der Waals surface area contributed by atoms with Gasteiger partial charge >= 0.3 is 0 Å². The van der Waals surface area contributed by atoms with Gasteiger partial charge in [0, 0.05) is 19.8 Å². The van der Waals surface area contributed by atoms with E-state index in [4.69, 9.17) is 9.88 Å². The molecule has 1 aromatic heterocycles. The van der Waals surface area contributed by atoms with E-state index in [1.165, 1.54) is 16.3 Å². The van der Waals surface area contributed by atoms with Gasteiger partial charge in [0.15, 0.2) is 0 Å². The quantitative estimate of drug-likeness (QED) is 0.495. The van der Waals surface area contributed by atoms with Crippen molar-refractivity contribution in [1.29, 1.82) is 0 Å². The average Bonchev–Trinajstić information content (AvgIpc) is 2.65. The molecule has 0 saturated heterocycles. The number of pyridine rings is 1. The lowest BCUT2D eigenvalue weighted by molar-refractivity contribution is 0.654. The molecule has 0 radical (unpaired) electrons. The Morgan fingerprint density at radius 2 is 1.50 bits per heavy atom. The monoisotopic (exact) mass is 329 g/mol. The minimum Gasteiger partial charge on any atom is -0.373 e. The number of hydrogen-bond donors (Lipinski definition) is 1. The van der Waals surface area contributed by atoms with Crippen LogP contribution in [0.1, 0.15) is 5.69 Å². The fourth-order valence-electron chi connectivity index (χ4n) is 3.06. The Bertz CT molecular complexity index is 1050. The van der Waals surface area contributed by atoms with Crippen molar-refractivity contribution in [2.75, 3.05) is 0 Å². The Morgan fingerprint density at radius 3 is 2.38 bits per heavy atom. The lowest BCUT2D eigenvalue weighted by Gasteiger charge is -2.10. The third-order valence-corrected chi connectivity index (χ3v) is 4.47. The topological polar surface area (TPSA) is 33.1 Å². The summed E-state index contributed by atoms with van der Waals surface area (Å²) in [5, 5.41) is 3.57. The van der Waals surface area contributed by atoms with E-state index in [2.05, 4.69) is 66.7 Å². The van der Waals surface area contributed by atoms with Crippen molar-refractivity contribution in [3.8, 4) is 11.1 Å². The molecular weight excluding hydrogens is 313 g/mol. The standard InChI is InChI=1S/C21H16NOP/c23-24-14-13-17-12-11-16-7-4-10-20(21(16)22-17)19-9-3-6-15-5-1-2-8-18(15)19/h1-14,23-24H/b14-13+. The summed E-state index contributed by atoms with van der Waals surface area (Å²) in [6.07, 6.45) is 1.86. The highest BCUT2D eigenvalue weighted by molar-refractivity contribution is 7.35. The van der Waals surface area contributed by atoms with Gasteiger partial charge < -0.3 is 4.89 Å². The van der Waals surface area contributed by atoms with Crippen LogP contribution in [0.15, 0.2) is 78.6 Å². The van der Waals surface area contributed by atoms with Gasteiger partial charge in [0.05, 0.1) is 11.2 Å².